The van der Waals surface area contributed by atoms with E-state index in [9.17, 15) is 0 Å². The minimum atomic E-state index is 0.119. The van der Waals surface area contributed by atoms with E-state index < -0.39 is 0 Å². The van der Waals surface area contributed by atoms with Gasteiger partial charge in [0, 0.05) is 10.9 Å². The summed E-state index contributed by atoms with van der Waals surface area (Å²) in [7, 11) is 0. The third-order valence-corrected chi connectivity index (χ3v) is 6.00. The first-order chi connectivity index (χ1) is 15.0. The van der Waals surface area contributed by atoms with Crippen LogP contribution in [0.2, 0.25) is 5.02 Å². The first-order valence-electron chi connectivity index (χ1n) is 10.7. The lowest BCUT2D eigenvalue weighted by atomic mass is 9.83. The maximum Gasteiger partial charge on any atom is 0.0406 e. The van der Waals surface area contributed by atoms with Crippen molar-refractivity contribution >= 4 is 17.2 Å². The van der Waals surface area contributed by atoms with E-state index in [4.69, 9.17) is 11.6 Å². The molecule has 0 aliphatic carbocycles. The van der Waals surface area contributed by atoms with Crippen LogP contribution < -0.4 is 0 Å². The summed E-state index contributed by atoms with van der Waals surface area (Å²) in [6.07, 6.45) is 2.42. The molecule has 0 nitrogen and oxygen atoms in total. The van der Waals surface area contributed by atoms with E-state index in [1.54, 1.807) is 0 Å². The highest BCUT2D eigenvalue weighted by Gasteiger charge is 2.17. The summed E-state index contributed by atoms with van der Waals surface area (Å²) in [4.78, 5) is 0. The van der Waals surface area contributed by atoms with Crippen LogP contribution in [0.15, 0.2) is 103 Å². The van der Waals surface area contributed by atoms with Gasteiger partial charge in [-0.05, 0) is 71.9 Å². The fourth-order valence-electron chi connectivity index (χ4n) is 4.43. The Hall–Kier alpha value is -3.09. The highest BCUT2D eigenvalue weighted by molar-refractivity contribution is 6.30. The molecule has 0 radical (unpaired) electrons. The van der Waals surface area contributed by atoms with E-state index in [1.165, 1.54) is 44.5 Å². The van der Waals surface area contributed by atoms with Crippen LogP contribution in [0.5, 0.6) is 0 Å². The fourth-order valence-corrected chi connectivity index (χ4v) is 4.55. The third kappa shape index (κ3) is 4.81. The van der Waals surface area contributed by atoms with Crippen molar-refractivity contribution in [2.45, 2.75) is 26.7 Å². The molecule has 1 heteroatoms. The van der Waals surface area contributed by atoms with Crippen LogP contribution in [0.25, 0.3) is 5.57 Å². The molecule has 0 aromatic heterocycles. The Morgan fingerprint density at radius 1 is 0.677 bits per heavy atom. The standard InChI is InChI=1S/C30H27Cl/c1-21-18-22(2)30(23(3)19-21)29(25-12-8-5-9-13-25)20-28(24-10-6-4-7-11-24)26-14-16-27(31)17-15-26/h4-20,28H,1-3H3/b29-20+. The Kier molecular flexibility index (Phi) is 6.39. The molecule has 0 aliphatic heterocycles. The molecule has 0 aliphatic rings. The summed E-state index contributed by atoms with van der Waals surface area (Å²) in [6, 6.07) is 34.2. The van der Waals surface area contributed by atoms with Crippen LogP contribution in [0.4, 0.5) is 0 Å². The van der Waals surface area contributed by atoms with Crippen molar-refractivity contribution in [2.24, 2.45) is 0 Å². The van der Waals surface area contributed by atoms with Gasteiger partial charge in [0.25, 0.3) is 0 Å². The highest BCUT2D eigenvalue weighted by atomic mass is 35.5. The van der Waals surface area contributed by atoms with Crippen LogP contribution in [-0.2, 0) is 0 Å². The zero-order valence-corrected chi connectivity index (χ0v) is 19.0. The number of benzene rings is 4. The van der Waals surface area contributed by atoms with E-state index in [-0.39, 0.29) is 5.92 Å². The number of halogens is 1. The average Bonchev–Trinajstić information content (AvgIpc) is 2.77. The molecule has 0 N–H and O–H groups in total. The minimum absolute atomic E-state index is 0.119. The predicted octanol–water partition coefficient (Wildman–Crippen LogP) is 8.53. The molecule has 4 aromatic carbocycles. The van der Waals surface area contributed by atoms with Gasteiger partial charge < -0.3 is 0 Å². The molecule has 1 unspecified atom stereocenters. The Balaban J connectivity index is 1.97. The molecular formula is C30H27Cl. The van der Waals surface area contributed by atoms with Crippen molar-refractivity contribution in [1.29, 1.82) is 0 Å². The van der Waals surface area contributed by atoms with E-state index in [0.717, 1.165) is 5.02 Å². The number of hydrogen-bond donors (Lipinski definition) is 0. The molecule has 4 aromatic rings. The van der Waals surface area contributed by atoms with E-state index in [2.05, 4.69) is 112 Å². The third-order valence-electron chi connectivity index (χ3n) is 5.75. The first-order valence-corrected chi connectivity index (χ1v) is 11.1. The van der Waals surface area contributed by atoms with Gasteiger partial charge in [0.05, 0.1) is 0 Å². The van der Waals surface area contributed by atoms with E-state index in [1.807, 2.05) is 12.1 Å². The van der Waals surface area contributed by atoms with Crippen molar-refractivity contribution in [3.05, 3.63) is 147 Å². The monoisotopic (exact) mass is 422 g/mol. The smallest absolute Gasteiger partial charge is 0.0406 e. The summed E-state index contributed by atoms with van der Waals surface area (Å²) in [5, 5.41) is 0.757. The Bertz CT molecular complexity index is 1160. The molecule has 0 fully saturated rings. The van der Waals surface area contributed by atoms with Crippen molar-refractivity contribution in [3.63, 3.8) is 0 Å². The summed E-state index contributed by atoms with van der Waals surface area (Å²) in [5.41, 5.74) is 10.2. The van der Waals surface area contributed by atoms with E-state index >= 15 is 0 Å². The maximum atomic E-state index is 6.20. The molecule has 154 valence electrons. The SMILES string of the molecule is Cc1cc(C)c(/C(=C/C(c2ccccc2)c2ccc(Cl)cc2)c2ccccc2)c(C)c1. The molecular weight excluding hydrogens is 396 g/mol. The predicted molar refractivity (Wildman–Crippen MR) is 134 cm³/mol. The molecule has 0 saturated carbocycles. The van der Waals surface area contributed by atoms with Gasteiger partial charge >= 0.3 is 0 Å². The quantitative estimate of drug-likeness (QED) is 0.302. The lowest BCUT2D eigenvalue weighted by Gasteiger charge is -2.21. The summed E-state index contributed by atoms with van der Waals surface area (Å²) in [6.45, 7) is 6.59. The van der Waals surface area contributed by atoms with Crippen molar-refractivity contribution < 1.29 is 0 Å². The largest absolute Gasteiger partial charge is 0.0843 e. The molecule has 0 amide bonds. The summed E-state index contributed by atoms with van der Waals surface area (Å²) in [5.74, 6) is 0.119. The maximum absolute atomic E-state index is 6.20. The molecule has 1 atom stereocenters. The second kappa shape index (κ2) is 9.37. The lowest BCUT2D eigenvalue weighted by molar-refractivity contribution is 1.03. The highest BCUT2D eigenvalue weighted by Crippen LogP contribution is 2.36. The van der Waals surface area contributed by atoms with Crippen LogP contribution in [0, 0.1) is 20.8 Å². The van der Waals surface area contributed by atoms with Crippen LogP contribution in [0.3, 0.4) is 0 Å². The molecule has 0 heterocycles. The first kappa shape index (κ1) is 21.2. The van der Waals surface area contributed by atoms with Gasteiger partial charge in [-0.25, -0.2) is 0 Å². The lowest BCUT2D eigenvalue weighted by Crippen LogP contribution is -2.02. The second-order valence-electron chi connectivity index (χ2n) is 8.16. The van der Waals surface area contributed by atoms with E-state index in [0.29, 0.717) is 0 Å². The number of allylic oxidation sites excluding steroid dienone is 1. The summed E-state index contributed by atoms with van der Waals surface area (Å²) < 4.78 is 0. The van der Waals surface area contributed by atoms with Gasteiger partial charge in [-0.2, -0.15) is 0 Å². The van der Waals surface area contributed by atoms with Gasteiger partial charge in [0.15, 0.2) is 0 Å². The molecule has 0 spiro atoms. The van der Waals surface area contributed by atoms with Crippen molar-refractivity contribution in [2.75, 3.05) is 0 Å². The topological polar surface area (TPSA) is 0 Å². The fraction of sp³-hybridized carbons (Fsp3) is 0.133. The minimum Gasteiger partial charge on any atom is -0.0843 e. The number of hydrogen-bond acceptors (Lipinski definition) is 0. The molecule has 0 saturated heterocycles. The van der Waals surface area contributed by atoms with Gasteiger partial charge in [-0.1, -0.05) is 108 Å². The molecule has 31 heavy (non-hydrogen) atoms. The van der Waals surface area contributed by atoms with Crippen LogP contribution >= 0.6 is 11.6 Å². The van der Waals surface area contributed by atoms with Crippen LogP contribution in [-0.4, -0.2) is 0 Å². The molecule has 0 bridgehead atoms. The molecule has 4 rings (SSSR count). The van der Waals surface area contributed by atoms with Gasteiger partial charge in [0.2, 0.25) is 0 Å². The van der Waals surface area contributed by atoms with Gasteiger partial charge in [-0.15, -0.1) is 0 Å². The Morgan fingerprint density at radius 2 is 1.19 bits per heavy atom. The summed E-state index contributed by atoms with van der Waals surface area (Å²) >= 11 is 6.20. The normalized spacial score (nSPS) is 12.6. The Morgan fingerprint density at radius 3 is 1.77 bits per heavy atom. The van der Waals surface area contributed by atoms with Crippen LogP contribution in [0.1, 0.15) is 44.9 Å². The van der Waals surface area contributed by atoms with Gasteiger partial charge in [-0.3, -0.25) is 0 Å². The average molecular weight is 423 g/mol. The zero-order chi connectivity index (χ0) is 21.8. The van der Waals surface area contributed by atoms with Crippen molar-refractivity contribution in [3.8, 4) is 0 Å². The number of rotatable bonds is 5. The zero-order valence-electron chi connectivity index (χ0n) is 18.3. The van der Waals surface area contributed by atoms with Gasteiger partial charge in [0.1, 0.15) is 0 Å². The Labute approximate surface area is 190 Å². The number of aryl methyl sites for hydroxylation is 3. The van der Waals surface area contributed by atoms with Crippen molar-refractivity contribution in [1.82, 2.24) is 0 Å². The second-order valence-corrected chi connectivity index (χ2v) is 8.60.